The first-order valence-corrected chi connectivity index (χ1v) is 5.61. The molecule has 0 aliphatic heterocycles. The average Bonchev–Trinajstić information content (AvgIpc) is 2.83. The van der Waals surface area contributed by atoms with Crippen LogP contribution < -0.4 is 11.1 Å². The Morgan fingerprint density at radius 1 is 1.58 bits per heavy atom. The van der Waals surface area contributed by atoms with Crippen LogP contribution >= 0.6 is 0 Å². The molecule has 6 nitrogen and oxygen atoms in total. The van der Waals surface area contributed by atoms with Crippen LogP contribution in [0.25, 0.3) is 11.0 Å². The van der Waals surface area contributed by atoms with Gasteiger partial charge in [-0.05, 0) is 12.6 Å². The van der Waals surface area contributed by atoms with Crippen molar-refractivity contribution in [3.05, 3.63) is 29.6 Å². The maximum Gasteiger partial charge on any atom is 0.184 e. The number of rotatable bonds is 4. The molecule has 0 saturated heterocycles. The van der Waals surface area contributed by atoms with E-state index in [0.717, 1.165) is 6.07 Å². The van der Waals surface area contributed by atoms with Gasteiger partial charge in [0.15, 0.2) is 17.5 Å². The fourth-order valence-electron chi connectivity index (χ4n) is 1.78. The smallest absolute Gasteiger partial charge is 0.184 e. The second-order valence-electron chi connectivity index (χ2n) is 3.88. The topological polar surface area (TPSA) is 88.5 Å². The molecule has 0 unspecified atom stereocenters. The quantitative estimate of drug-likeness (QED) is 0.334. The van der Waals surface area contributed by atoms with E-state index in [0.29, 0.717) is 6.54 Å². The van der Waals surface area contributed by atoms with E-state index in [4.69, 9.17) is 10.9 Å². The molecule has 0 aliphatic rings. The van der Waals surface area contributed by atoms with Crippen LogP contribution in [0.3, 0.4) is 0 Å². The number of fused-ring (bicyclic) bond motifs is 1. The SMILES string of the molecule is CCNCn1cnc2c(C(N)=NO)cc(F)c(F)c21. The third-order valence-corrected chi connectivity index (χ3v) is 2.70. The van der Waals surface area contributed by atoms with Gasteiger partial charge in [0, 0.05) is 0 Å². The summed E-state index contributed by atoms with van der Waals surface area (Å²) in [5.41, 5.74) is 5.60. The lowest BCUT2D eigenvalue weighted by Crippen LogP contribution is -2.18. The van der Waals surface area contributed by atoms with Gasteiger partial charge in [-0.25, -0.2) is 13.8 Å². The van der Waals surface area contributed by atoms with Crippen LogP contribution in [0, 0.1) is 11.6 Å². The Morgan fingerprint density at radius 3 is 2.95 bits per heavy atom. The fraction of sp³-hybridized carbons (Fsp3) is 0.273. The molecule has 0 bridgehead atoms. The normalized spacial score (nSPS) is 12.3. The lowest BCUT2D eigenvalue weighted by Gasteiger charge is -2.07. The molecule has 0 amide bonds. The number of benzene rings is 1. The van der Waals surface area contributed by atoms with Crippen molar-refractivity contribution in [1.82, 2.24) is 14.9 Å². The van der Waals surface area contributed by atoms with E-state index < -0.39 is 11.6 Å². The number of nitrogens with zero attached hydrogens (tertiary/aromatic N) is 3. The summed E-state index contributed by atoms with van der Waals surface area (Å²) in [6, 6.07) is 0.858. The van der Waals surface area contributed by atoms with Crippen molar-refractivity contribution in [3.8, 4) is 0 Å². The van der Waals surface area contributed by atoms with Gasteiger partial charge >= 0.3 is 0 Å². The van der Waals surface area contributed by atoms with Crippen molar-refractivity contribution in [2.24, 2.45) is 10.9 Å². The molecule has 1 aromatic heterocycles. The minimum Gasteiger partial charge on any atom is -0.409 e. The van der Waals surface area contributed by atoms with Crippen molar-refractivity contribution in [2.45, 2.75) is 13.6 Å². The Balaban J connectivity index is 2.68. The molecule has 0 aliphatic carbocycles. The first kappa shape index (κ1) is 13.2. The van der Waals surface area contributed by atoms with E-state index in [9.17, 15) is 8.78 Å². The zero-order valence-corrected chi connectivity index (χ0v) is 10.2. The number of hydrogen-bond acceptors (Lipinski definition) is 4. The zero-order chi connectivity index (χ0) is 14.0. The van der Waals surface area contributed by atoms with Gasteiger partial charge in [0.2, 0.25) is 0 Å². The molecule has 0 radical (unpaired) electrons. The number of nitrogens with one attached hydrogen (secondary N) is 1. The van der Waals surface area contributed by atoms with Crippen molar-refractivity contribution < 1.29 is 14.0 Å². The molecule has 0 spiro atoms. The maximum atomic E-state index is 13.9. The second kappa shape index (κ2) is 5.19. The van der Waals surface area contributed by atoms with Gasteiger partial charge in [-0.1, -0.05) is 12.1 Å². The number of oxime groups is 1. The third-order valence-electron chi connectivity index (χ3n) is 2.70. The minimum absolute atomic E-state index is 0.0254. The van der Waals surface area contributed by atoms with Crippen molar-refractivity contribution in [1.29, 1.82) is 0 Å². The Labute approximate surface area is 107 Å². The van der Waals surface area contributed by atoms with Crippen LogP contribution in [0.1, 0.15) is 12.5 Å². The molecule has 102 valence electrons. The van der Waals surface area contributed by atoms with Gasteiger partial charge < -0.3 is 15.5 Å². The summed E-state index contributed by atoms with van der Waals surface area (Å²) >= 11 is 0. The summed E-state index contributed by atoms with van der Waals surface area (Å²) in [7, 11) is 0. The summed E-state index contributed by atoms with van der Waals surface area (Å²) in [5, 5.41) is 14.4. The highest BCUT2D eigenvalue weighted by molar-refractivity contribution is 6.07. The number of aromatic nitrogens is 2. The molecule has 2 aromatic rings. The Bertz CT molecular complexity index is 638. The number of imidazole rings is 1. The zero-order valence-electron chi connectivity index (χ0n) is 10.2. The Kier molecular flexibility index (Phi) is 3.61. The standard InChI is InChI=1S/C11H13F2N5O/c1-2-15-4-18-5-16-9-6(11(14)17-19)3-7(12)8(13)10(9)18/h3,5,15,19H,2,4H2,1H3,(H2,14,17). The number of nitrogens with two attached hydrogens (primary N) is 1. The molecule has 1 aromatic carbocycles. The third kappa shape index (κ3) is 2.22. The number of halogens is 2. The molecule has 19 heavy (non-hydrogen) atoms. The summed E-state index contributed by atoms with van der Waals surface area (Å²) in [4.78, 5) is 3.99. The Morgan fingerprint density at radius 2 is 2.32 bits per heavy atom. The predicted molar refractivity (Wildman–Crippen MR) is 65.8 cm³/mol. The molecule has 1 heterocycles. The summed E-state index contributed by atoms with van der Waals surface area (Å²) in [6.45, 7) is 2.84. The van der Waals surface area contributed by atoms with E-state index in [2.05, 4.69) is 15.5 Å². The lowest BCUT2D eigenvalue weighted by molar-refractivity contribution is 0.318. The highest BCUT2D eigenvalue weighted by Gasteiger charge is 2.19. The molecule has 0 saturated carbocycles. The van der Waals surface area contributed by atoms with Crippen LogP contribution in [0.4, 0.5) is 8.78 Å². The minimum atomic E-state index is -1.08. The first-order chi connectivity index (χ1) is 9.10. The number of amidine groups is 1. The van der Waals surface area contributed by atoms with Crippen molar-refractivity contribution in [2.75, 3.05) is 6.54 Å². The summed E-state index contributed by atoms with van der Waals surface area (Å²) in [5.74, 6) is -2.41. The second-order valence-corrected chi connectivity index (χ2v) is 3.88. The highest BCUT2D eigenvalue weighted by Crippen LogP contribution is 2.23. The average molecular weight is 269 g/mol. The highest BCUT2D eigenvalue weighted by atomic mass is 19.2. The van der Waals surface area contributed by atoms with E-state index in [1.165, 1.54) is 10.9 Å². The van der Waals surface area contributed by atoms with Crippen molar-refractivity contribution in [3.63, 3.8) is 0 Å². The van der Waals surface area contributed by atoms with Gasteiger partial charge in [-0.2, -0.15) is 0 Å². The molecular formula is C11H13F2N5O. The van der Waals surface area contributed by atoms with E-state index in [1.807, 2.05) is 6.92 Å². The van der Waals surface area contributed by atoms with E-state index in [1.54, 1.807) is 0 Å². The molecule has 4 N–H and O–H groups in total. The number of hydrogen-bond donors (Lipinski definition) is 3. The van der Waals surface area contributed by atoms with Crippen molar-refractivity contribution >= 4 is 16.9 Å². The first-order valence-electron chi connectivity index (χ1n) is 5.61. The molecule has 0 atom stereocenters. The monoisotopic (exact) mass is 269 g/mol. The largest absolute Gasteiger partial charge is 0.409 e. The van der Waals surface area contributed by atoms with Crippen LogP contribution in [-0.2, 0) is 6.67 Å². The summed E-state index contributed by atoms with van der Waals surface area (Å²) < 4.78 is 28.8. The summed E-state index contributed by atoms with van der Waals surface area (Å²) in [6.07, 6.45) is 1.37. The van der Waals surface area contributed by atoms with Gasteiger partial charge in [-0.15, -0.1) is 0 Å². The fourth-order valence-corrected chi connectivity index (χ4v) is 1.78. The van der Waals surface area contributed by atoms with Gasteiger partial charge in [-0.3, -0.25) is 5.32 Å². The predicted octanol–water partition coefficient (Wildman–Crippen LogP) is 0.976. The Hall–Kier alpha value is -2.22. The molecule has 0 fully saturated rings. The van der Waals surface area contributed by atoms with Crippen LogP contribution in [-0.4, -0.2) is 27.1 Å². The van der Waals surface area contributed by atoms with Gasteiger partial charge in [0.05, 0.1) is 18.6 Å². The molecule has 2 rings (SSSR count). The van der Waals surface area contributed by atoms with Gasteiger partial charge in [0.1, 0.15) is 11.0 Å². The maximum absolute atomic E-state index is 13.9. The van der Waals surface area contributed by atoms with Crippen LogP contribution in [0.5, 0.6) is 0 Å². The molecular weight excluding hydrogens is 256 g/mol. The van der Waals surface area contributed by atoms with Crippen LogP contribution in [0.2, 0.25) is 0 Å². The van der Waals surface area contributed by atoms with Crippen LogP contribution in [0.15, 0.2) is 17.5 Å². The van der Waals surface area contributed by atoms with E-state index in [-0.39, 0.29) is 29.1 Å². The molecule has 8 heteroatoms. The van der Waals surface area contributed by atoms with Gasteiger partial charge in [0.25, 0.3) is 0 Å². The van der Waals surface area contributed by atoms with E-state index >= 15 is 0 Å². The lowest BCUT2D eigenvalue weighted by atomic mass is 10.1.